The minimum Gasteiger partial charge on any atom is -0.347 e. The van der Waals surface area contributed by atoms with Gasteiger partial charge in [0.15, 0.2) is 5.13 Å². The first-order chi connectivity index (χ1) is 15.6. The van der Waals surface area contributed by atoms with E-state index in [4.69, 9.17) is 5.26 Å². The molecule has 2 N–H and O–H groups in total. The van der Waals surface area contributed by atoms with Crippen molar-refractivity contribution in [1.82, 2.24) is 25.2 Å². The molecule has 3 heterocycles. The van der Waals surface area contributed by atoms with Crippen molar-refractivity contribution in [3.63, 3.8) is 0 Å². The summed E-state index contributed by atoms with van der Waals surface area (Å²) >= 11 is 1.36. The Kier molecular flexibility index (Phi) is 7.04. The quantitative estimate of drug-likeness (QED) is 0.533. The number of thiazole rings is 1. The van der Waals surface area contributed by atoms with Gasteiger partial charge in [-0.3, -0.25) is 9.69 Å². The van der Waals surface area contributed by atoms with Gasteiger partial charge in [-0.2, -0.15) is 5.26 Å². The minimum atomic E-state index is -0.211. The Balaban J connectivity index is 1.41. The molecule has 1 saturated heterocycles. The average molecular weight is 448 g/mol. The number of nitrogens with zero attached hydrogens (tertiary/aromatic N) is 5. The first kappa shape index (κ1) is 21.9. The van der Waals surface area contributed by atoms with Gasteiger partial charge in [0.05, 0.1) is 18.3 Å². The number of likely N-dealkylation sites (tertiary alicyclic amines) is 1. The number of piperidine rings is 1. The number of hydrogen-bond acceptors (Lipinski definition) is 8. The van der Waals surface area contributed by atoms with Crippen LogP contribution < -0.4 is 10.6 Å². The maximum absolute atomic E-state index is 12.4. The standard InChI is InChI=1S/C23H25N7OS/c1-16-26-19(18-8-5-10-30(14-18)11-9-24)12-21(27-16)29-23-28-20(15-32-23)22(31)25-13-17-6-3-2-4-7-17/h2-4,6-7,12,15,18H,5,8,10-11,13-14H2,1H3,(H,25,31)(H,26,27,28,29)/t18-/m1/s1. The van der Waals surface area contributed by atoms with E-state index in [0.29, 0.717) is 35.6 Å². The summed E-state index contributed by atoms with van der Waals surface area (Å²) in [6.45, 7) is 4.55. The van der Waals surface area contributed by atoms with Crippen LogP contribution in [0.25, 0.3) is 0 Å². The van der Waals surface area contributed by atoms with Gasteiger partial charge in [0.2, 0.25) is 0 Å². The number of aromatic nitrogens is 3. The fraction of sp³-hybridized carbons (Fsp3) is 0.348. The average Bonchev–Trinajstić information content (AvgIpc) is 3.27. The molecule has 0 spiro atoms. The minimum absolute atomic E-state index is 0.211. The number of aryl methyl sites for hydroxylation is 1. The highest BCUT2D eigenvalue weighted by molar-refractivity contribution is 7.14. The van der Waals surface area contributed by atoms with Crippen LogP contribution in [0.2, 0.25) is 0 Å². The number of benzene rings is 1. The normalized spacial score (nSPS) is 16.3. The highest BCUT2D eigenvalue weighted by Gasteiger charge is 2.23. The second kappa shape index (κ2) is 10.3. The molecule has 3 aromatic rings. The fourth-order valence-electron chi connectivity index (χ4n) is 3.82. The smallest absolute Gasteiger partial charge is 0.271 e. The molecular weight excluding hydrogens is 422 g/mol. The molecule has 0 aliphatic carbocycles. The summed E-state index contributed by atoms with van der Waals surface area (Å²) in [6, 6.07) is 14.0. The van der Waals surface area contributed by atoms with Gasteiger partial charge in [-0.05, 0) is 31.9 Å². The lowest BCUT2D eigenvalue weighted by Gasteiger charge is -2.30. The van der Waals surface area contributed by atoms with Crippen LogP contribution in [0.15, 0.2) is 41.8 Å². The largest absolute Gasteiger partial charge is 0.347 e. The van der Waals surface area contributed by atoms with Crippen molar-refractivity contribution in [2.75, 3.05) is 25.0 Å². The molecule has 8 nitrogen and oxygen atoms in total. The molecule has 1 aromatic carbocycles. The molecule has 0 unspecified atom stereocenters. The van der Waals surface area contributed by atoms with E-state index in [1.165, 1.54) is 11.3 Å². The van der Waals surface area contributed by atoms with Crippen LogP contribution in [0.1, 0.15) is 46.3 Å². The van der Waals surface area contributed by atoms with E-state index < -0.39 is 0 Å². The molecule has 4 rings (SSSR count). The van der Waals surface area contributed by atoms with Crippen molar-refractivity contribution in [2.45, 2.75) is 32.2 Å². The van der Waals surface area contributed by atoms with Crippen molar-refractivity contribution in [2.24, 2.45) is 0 Å². The highest BCUT2D eigenvalue weighted by atomic mass is 32.1. The SMILES string of the molecule is Cc1nc(Nc2nc(C(=O)NCc3ccccc3)cs2)cc([C@@H]2CCCN(CC#N)C2)n1. The van der Waals surface area contributed by atoms with Crippen LogP contribution in [-0.4, -0.2) is 45.4 Å². The number of anilines is 2. The van der Waals surface area contributed by atoms with E-state index in [-0.39, 0.29) is 11.8 Å². The van der Waals surface area contributed by atoms with Gasteiger partial charge < -0.3 is 10.6 Å². The third-order valence-corrected chi connectivity index (χ3v) is 6.10. The molecule has 1 fully saturated rings. The maximum atomic E-state index is 12.4. The number of nitrogens with one attached hydrogen (secondary N) is 2. The summed E-state index contributed by atoms with van der Waals surface area (Å²) in [5, 5.41) is 17.5. The van der Waals surface area contributed by atoms with Gasteiger partial charge >= 0.3 is 0 Å². The molecule has 1 atom stereocenters. The number of carbonyl (C=O) groups excluding carboxylic acids is 1. The zero-order valence-corrected chi connectivity index (χ0v) is 18.7. The highest BCUT2D eigenvalue weighted by Crippen LogP contribution is 2.28. The number of nitriles is 1. The molecular formula is C23H25N7OS. The first-order valence-electron chi connectivity index (χ1n) is 10.6. The lowest BCUT2D eigenvalue weighted by Crippen LogP contribution is -2.35. The van der Waals surface area contributed by atoms with Gasteiger partial charge in [-0.25, -0.2) is 15.0 Å². The van der Waals surface area contributed by atoms with Crippen LogP contribution in [0.3, 0.4) is 0 Å². The van der Waals surface area contributed by atoms with E-state index in [1.54, 1.807) is 5.38 Å². The van der Waals surface area contributed by atoms with E-state index in [1.807, 2.05) is 43.3 Å². The lowest BCUT2D eigenvalue weighted by atomic mass is 9.94. The Bertz CT molecular complexity index is 1110. The second-order valence-corrected chi connectivity index (χ2v) is 8.65. The topological polar surface area (TPSA) is 107 Å². The number of hydrogen-bond donors (Lipinski definition) is 2. The number of rotatable bonds is 7. The third-order valence-electron chi connectivity index (χ3n) is 5.34. The molecule has 164 valence electrons. The van der Waals surface area contributed by atoms with Crippen molar-refractivity contribution < 1.29 is 4.79 Å². The lowest BCUT2D eigenvalue weighted by molar-refractivity contribution is 0.0946. The van der Waals surface area contributed by atoms with Crippen molar-refractivity contribution in [3.8, 4) is 6.07 Å². The molecule has 0 bridgehead atoms. The number of amides is 1. The van der Waals surface area contributed by atoms with Crippen LogP contribution in [-0.2, 0) is 6.54 Å². The molecule has 1 aliphatic rings. The van der Waals surface area contributed by atoms with Crippen LogP contribution in [0, 0.1) is 18.3 Å². The van der Waals surface area contributed by atoms with Gasteiger partial charge in [0.1, 0.15) is 17.3 Å². The monoisotopic (exact) mass is 447 g/mol. The van der Waals surface area contributed by atoms with Crippen molar-refractivity contribution in [3.05, 3.63) is 64.6 Å². The Morgan fingerprint density at radius 3 is 2.94 bits per heavy atom. The summed E-state index contributed by atoms with van der Waals surface area (Å²) in [7, 11) is 0. The molecule has 2 aromatic heterocycles. The van der Waals surface area contributed by atoms with Gasteiger partial charge in [0, 0.05) is 30.5 Å². The van der Waals surface area contributed by atoms with Gasteiger partial charge in [-0.1, -0.05) is 30.3 Å². The summed E-state index contributed by atoms with van der Waals surface area (Å²) in [5.74, 6) is 1.41. The maximum Gasteiger partial charge on any atom is 0.271 e. The zero-order valence-electron chi connectivity index (χ0n) is 17.9. The van der Waals surface area contributed by atoms with E-state index in [9.17, 15) is 4.79 Å². The molecule has 9 heteroatoms. The Morgan fingerprint density at radius 1 is 1.28 bits per heavy atom. The fourth-order valence-corrected chi connectivity index (χ4v) is 4.52. The molecule has 0 saturated carbocycles. The van der Waals surface area contributed by atoms with Crippen LogP contribution in [0.5, 0.6) is 0 Å². The summed E-state index contributed by atoms with van der Waals surface area (Å²) in [5.41, 5.74) is 2.38. The van der Waals surface area contributed by atoms with Crippen molar-refractivity contribution in [1.29, 1.82) is 5.26 Å². The molecule has 1 aliphatic heterocycles. The number of carbonyl (C=O) groups is 1. The third kappa shape index (κ3) is 5.66. The molecule has 0 radical (unpaired) electrons. The summed E-state index contributed by atoms with van der Waals surface area (Å²) in [6.07, 6.45) is 2.09. The van der Waals surface area contributed by atoms with Crippen LogP contribution in [0.4, 0.5) is 10.9 Å². The first-order valence-corrected chi connectivity index (χ1v) is 11.5. The molecule has 32 heavy (non-hydrogen) atoms. The van der Waals surface area contributed by atoms with Gasteiger partial charge in [0.25, 0.3) is 5.91 Å². The van der Waals surface area contributed by atoms with Gasteiger partial charge in [-0.15, -0.1) is 11.3 Å². The van der Waals surface area contributed by atoms with E-state index in [0.717, 1.165) is 37.2 Å². The van der Waals surface area contributed by atoms with Crippen LogP contribution >= 0.6 is 11.3 Å². The molecule has 1 amide bonds. The second-order valence-electron chi connectivity index (χ2n) is 7.79. The van der Waals surface area contributed by atoms with E-state index >= 15 is 0 Å². The Labute approximate surface area is 191 Å². The van der Waals surface area contributed by atoms with Crippen molar-refractivity contribution >= 4 is 28.2 Å². The van der Waals surface area contributed by atoms with E-state index in [2.05, 4.69) is 36.6 Å². The predicted octanol–water partition coefficient (Wildman–Crippen LogP) is 3.62. The summed E-state index contributed by atoms with van der Waals surface area (Å²) in [4.78, 5) is 28.1. The summed E-state index contributed by atoms with van der Waals surface area (Å²) < 4.78 is 0. The Morgan fingerprint density at radius 2 is 2.12 bits per heavy atom. The zero-order chi connectivity index (χ0) is 22.3. The Hall–Kier alpha value is -3.35. The predicted molar refractivity (Wildman–Crippen MR) is 124 cm³/mol.